The molecule has 1 fully saturated rings. The van der Waals surface area contributed by atoms with Crippen LogP contribution in [0.3, 0.4) is 0 Å². The minimum atomic E-state index is -0.657. The maximum atomic E-state index is 13.4. The summed E-state index contributed by atoms with van der Waals surface area (Å²) in [5, 5.41) is 2.70. The monoisotopic (exact) mass is 465 g/mol. The fourth-order valence-electron chi connectivity index (χ4n) is 4.76. The van der Waals surface area contributed by atoms with Gasteiger partial charge in [0, 0.05) is 6.54 Å². The summed E-state index contributed by atoms with van der Waals surface area (Å²) in [7, 11) is 0. The third kappa shape index (κ3) is 5.00. The van der Waals surface area contributed by atoms with Crippen LogP contribution in [0.25, 0.3) is 10.2 Å². The van der Waals surface area contributed by atoms with Crippen LogP contribution in [-0.2, 0) is 9.59 Å². The zero-order valence-corrected chi connectivity index (χ0v) is 20.4. The van der Waals surface area contributed by atoms with Crippen LogP contribution >= 0.6 is 11.3 Å². The fourth-order valence-corrected chi connectivity index (χ4v) is 5.42. The molecular weight excluding hydrogens is 434 g/mol. The van der Waals surface area contributed by atoms with Crippen LogP contribution in [0.15, 0.2) is 36.0 Å². The Bertz CT molecular complexity index is 1170. The van der Waals surface area contributed by atoms with Crippen molar-refractivity contribution in [2.75, 3.05) is 17.6 Å². The molecule has 3 heterocycles. The lowest BCUT2D eigenvalue weighted by atomic mass is 9.76. The summed E-state index contributed by atoms with van der Waals surface area (Å²) in [5.41, 5.74) is 10.8. The zero-order chi connectivity index (χ0) is 23.7. The molecule has 3 N–H and O–H groups in total. The van der Waals surface area contributed by atoms with E-state index in [2.05, 4.69) is 54.3 Å². The van der Waals surface area contributed by atoms with Gasteiger partial charge in [-0.05, 0) is 66.8 Å². The molecule has 0 radical (unpaired) electrons. The van der Waals surface area contributed by atoms with Crippen LogP contribution in [-0.4, -0.2) is 33.2 Å². The third-order valence-electron chi connectivity index (χ3n) is 6.54. The van der Waals surface area contributed by atoms with Gasteiger partial charge in [-0.25, -0.2) is 9.97 Å². The molecule has 3 atom stereocenters. The number of fused-ring (bicyclic) bond motifs is 1. The average molecular weight is 466 g/mol. The van der Waals surface area contributed by atoms with Gasteiger partial charge in [-0.1, -0.05) is 26.8 Å². The quantitative estimate of drug-likeness (QED) is 0.539. The summed E-state index contributed by atoms with van der Waals surface area (Å²) in [6.45, 7) is 9.00. The number of hydrogen-bond donors (Lipinski definition) is 2. The van der Waals surface area contributed by atoms with E-state index in [9.17, 15) is 9.59 Å². The summed E-state index contributed by atoms with van der Waals surface area (Å²) in [6.07, 6.45) is 3.40. The number of aromatic nitrogens is 2. The Hall–Kier alpha value is -3.00. The normalized spacial score (nSPS) is 20.9. The number of thiazole rings is 1. The minimum Gasteiger partial charge on any atom is -0.383 e. The van der Waals surface area contributed by atoms with E-state index in [1.165, 1.54) is 6.20 Å². The van der Waals surface area contributed by atoms with E-state index in [-0.39, 0.29) is 6.04 Å². The van der Waals surface area contributed by atoms with Gasteiger partial charge in [-0.3, -0.25) is 9.59 Å². The predicted octanol–water partition coefficient (Wildman–Crippen LogP) is 4.79. The first-order chi connectivity index (χ1) is 15.7. The molecule has 0 unspecified atom stereocenters. The molecule has 2 aromatic heterocycles. The molecule has 8 heteroatoms. The van der Waals surface area contributed by atoms with Crippen molar-refractivity contribution >= 4 is 44.9 Å². The molecule has 3 aromatic rings. The molecule has 1 aliphatic rings. The number of aryl methyl sites for hydroxylation is 1. The lowest BCUT2D eigenvalue weighted by Gasteiger charge is -2.43. The lowest BCUT2D eigenvalue weighted by molar-refractivity contribution is -0.147. The Kier molecular flexibility index (Phi) is 6.65. The van der Waals surface area contributed by atoms with Crippen LogP contribution < -0.4 is 11.1 Å². The molecule has 1 aliphatic heterocycles. The van der Waals surface area contributed by atoms with Crippen LogP contribution in [0.2, 0.25) is 0 Å². The molecule has 0 bridgehead atoms. The lowest BCUT2D eigenvalue weighted by Crippen LogP contribution is -2.49. The Morgan fingerprint density at radius 2 is 2.06 bits per heavy atom. The Morgan fingerprint density at radius 3 is 2.79 bits per heavy atom. The van der Waals surface area contributed by atoms with Crippen molar-refractivity contribution in [2.45, 2.75) is 46.6 Å². The number of nitrogens with two attached hydrogens (primary N) is 1. The van der Waals surface area contributed by atoms with Gasteiger partial charge >= 0.3 is 11.8 Å². The van der Waals surface area contributed by atoms with Crippen molar-refractivity contribution in [1.29, 1.82) is 0 Å². The highest BCUT2D eigenvalue weighted by Gasteiger charge is 2.39. The van der Waals surface area contributed by atoms with Crippen molar-refractivity contribution in [2.24, 2.45) is 17.8 Å². The second-order valence-corrected chi connectivity index (χ2v) is 10.4. The highest BCUT2D eigenvalue weighted by Crippen LogP contribution is 2.40. The number of piperidine rings is 1. The molecule has 2 amide bonds. The van der Waals surface area contributed by atoms with Gasteiger partial charge in [0.1, 0.15) is 5.82 Å². The fraction of sp³-hybridized carbons (Fsp3) is 0.440. The summed E-state index contributed by atoms with van der Waals surface area (Å²) in [5.74, 6) is 0.586. The standard InChI is InChI=1S/C25H31N5O2S/c1-14(2)7-18-10-21(17-5-6-22-20(9-17)28-13-33-22)30(12-16(18)4)25(32)24(31)29-19-8-15(3)23(26)27-11-19/h5-6,8-9,11,13-14,16,18,21H,7,10,12H2,1-4H3,(H2,26,27)(H,29,31)/t16-,18-,21-/m1/s1. The van der Waals surface area contributed by atoms with Crippen LogP contribution in [0.4, 0.5) is 11.5 Å². The number of rotatable bonds is 4. The van der Waals surface area contributed by atoms with E-state index in [0.717, 1.165) is 34.2 Å². The van der Waals surface area contributed by atoms with Crippen molar-refractivity contribution in [3.05, 3.63) is 47.1 Å². The van der Waals surface area contributed by atoms with Crippen LogP contribution in [0, 0.1) is 24.7 Å². The summed E-state index contributed by atoms with van der Waals surface area (Å²) in [6, 6.07) is 7.74. The van der Waals surface area contributed by atoms with E-state index in [4.69, 9.17) is 5.73 Å². The number of carbonyl (C=O) groups excluding carboxylic acids is 2. The third-order valence-corrected chi connectivity index (χ3v) is 7.35. The number of nitrogens with one attached hydrogen (secondary N) is 1. The number of amides is 2. The second kappa shape index (κ2) is 9.47. The summed E-state index contributed by atoms with van der Waals surface area (Å²) in [4.78, 5) is 36.6. The highest BCUT2D eigenvalue weighted by molar-refractivity contribution is 7.16. The molecule has 7 nitrogen and oxygen atoms in total. The Morgan fingerprint density at radius 1 is 1.27 bits per heavy atom. The van der Waals surface area contributed by atoms with Crippen molar-refractivity contribution < 1.29 is 9.59 Å². The van der Waals surface area contributed by atoms with Gasteiger partial charge in [0.25, 0.3) is 0 Å². The van der Waals surface area contributed by atoms with E-state index >= 15 is 0 Å². The van der Waals surface area contributed by atoms with E-state index in [0.29, 0.717) is 35.8 Å². The SMILES string of the molecule is Cc1cc(NC(=O)C(=O)N2C[C@@H](C)[C@H](CC(C)C)C[C@@H]2c2ccc3scnc3c2)cnc1N. The van der Waals surface area contributed by atoms with Gasteiger partial charge in [-0.15, -0.1) is 11.3 Å². The van der Waals surface area contributed by atoms with E-state index in [1.54, 1.807) is 22.3 Å². The van der Waals surface area contributed by atoms with Crippen molar-refractivity contribution in [1.82, 2.24) is 14.9 Å². The van der Waals surface area contributed by atoms with Crippen molar-refractivity contribution in [3.8, 4) is 0 Å². The molecule has 1 saturated heterocycles. The first-order valence-electron chi connectivity index (χ1n) is 11.4. The number of nitrogen functional groups attached to an aromatic ring is 1. The molecular formula is C25H31N5O2S. The van der Waals surface area contributed by atoms with E-state index in [1.807, 2.05) is 12.4 Å². The number of pyridine rings is 1. The minimum absolute atomic E-state index is 0.166. The molecule has 0 aliphatic carbocycles. The van der Waals surface area contributed by atoms with E-state index < -0.39 is 11.8 Å². The molecule has 0 spiro atoms. The first-order valence-corrected chi connectivity index (χ1v) is 12.3. The van der Waals surface area contributed by atoms with Crippen LogP contribution in [0.1, 0.15) is 50.8 Å². The second-order valence-electron chi connectivity index (χ2n) is 9.54. The number of anilines is 2. The number of benzene rings is 1. The Labute approximate surface area is 198 Å². The topological polar surface area (TPSA) is 101 Å². The predicted molar refractivity (Wildman–Crippen MR) is 133 cm³/mol. The number of carbonyl (C=O) groups is 2. The highest BCUT2D eigenvalue weighted by atomic mass is 32.1. The van der Waals surface area contributed by atoms with Gasteiger partial charge < -0.3 is 16.0 Å². The maximum absolute atomic E-state index is 13.4. The zero-order valence-electron chi connectivity index (χ0n) is 19.5. The molecule has 0 saturated carbocycles. The van der Waals surface area contributed by atoms with Crippen molar-refractivity contribution in [3.63, 3.8) is 0 Å². The number of hydrogen-bond acceptors (Lipinski definition) is 6. The van der Waals surface area contributed by atoms with Gasteiger partial charge in [0.05, 0.1) is 33.7 Å². The van der Waals surface area contributed by atoms with Gasteiger partial charge in [-0.2, -0.15) is 0 Å². The summed E-state index contributed by atoms with van der Waals surface area (Å²) >= 11 is 1.60. The molecule has 1 aromatic carbocycles. The van der Waals surface area contributed by atoms with Gasteiger partial charge in [0.15, 0.2) is 0 Å². The maximum Gasteiger partial charge on any atom is 0.313 e. The molecule has 174 valence electrons. The average Bonchev–Trinajstić information content (AvgIpc) is 3.24. The molecule has 4 rings (SSSR count). The first kappa shape index (κ1) is 23.2. The molecule has 33 heavy (non-hydrogen) atoms. The van der Waals surface area contributed by atoms with Crippen LogP contribution in [0.5, 0.6) is 0 Å². The Balaban J connectivity index is 1.61. The largest absolute Gasteiger partial charge is 0.383 e. The smallest absolute Gasteiger partial charge is 0.313 e. The number of nitrogens with zero attached hydrogens (tertiary/aromatic N) is 3. The number of likely N-dealkylation sites (tertiary alicyclic amines) is 1. The van der Waals surface area contributed by atoms with Gasteiger partial charge in [0.2, 0.25) is 0 Å². The summed E-state index contributed by atoms with van der Waals surface area (Å²) < 4.78 is 1.11.